The van der Waals surface area contributed by atoms with Crippen molar-refractivity contribution in [1.29, 1.82) is 0 Å². The van der Waals surface area contributed by atoms with Crippen molar-refractivity contribution in [2.75, 3.05) is 18.8 Å². The second-order valence-corrected chi connectivity index (χ2v) is 7.10. The molecule has 2 rings (SSSR count). The summed E-state index contributed by atoms with van der Waals surface area (Å²) in [6.07, 6.45) is 8.27. The fourth-order valence-electron chi connectivity index (χ4n) is 2.99. The molecule has 3 N–H and O–H groups in total. The Morgan fingerprint density at radius 3 is 2.56 bits per heavy atom. The van der Waals surface area contributed by atoms with Crippen LogP contribution in [0.5, 0.6) is 0 Å². The van der Waals surface area contributed by atoms with E-state index in [1.165, 1.54) is 25.0 Å². The van der Waals surface area contributed by atoms with E-state index in [9.17, 15) is 4.79 Å². The zero-order valence-corrected chi connectivity index (χ0v) is 12.0. The van der Waals surface area contributed by atoms with Crippen LogP contribution in [0.3, 0.4) is 0 Å². The molecule has 0 aromatic heterocycles. The summed E-state index contributed by atoms with van der Waals surface area (Å²) in [5.74, 6) is 2.46. The Morgan fingerprint density at radius 1 is 1.17 bits per heavy atom. The van der Waals surface area contributed by atoms with Gasteiger partial charge in [-0.3, -0.25) is 4.79 Å². The highest BCUT2D eigenvalue weighted by atomic mass is 32.2. The van der Waals surface area contributed by atoms with Crippen LogP contribution < -0.4 is 11.1 Å². The van der Waals surface area contributed by atoms with E-state index in [0.29, 0.717) is 11.2 Å². The third-order valence-electron chi connectivity index (χ3n) is 4.33. The molecule has 1 unspecified atom stereocenters. The summed E-state index contributed by atoms with van der Waals surface area (Å²) in [5.41, 5.74) is 5.68. The molecule has 1 atom stereocenters. The van der Waals surface area contributed by atoms with Crippen molar-refractivity contribution in [3.63, 3.8) is 0 Å². The minimum atomic E-state index is 0.251. The number of amides is 1. The maximum atomic E-state index is 12.1. The summed E-state index contributed by atoms with van der Waals surface area (Å²) in [6, 6.07) is 0. The van der Waals surface area contributed by atoms with Crippen LogP contribution >= 0.6 is 11.8 Å². The van der Waals surface area contributed by atoms with E-state index >= 15 is 0 Å². The molecule has 0 aromatic carbocycles. The molecule has 1 saturated heterocycles. The quantitative estimate of drug-likeness (QED) is 0.823. The molecule has 0 aromatic rings. The average molecular weight is 270 g/mol. The molecule has 3 nitrogen and oxygen atoms in total. The van der Waals surface area contributed by atoms with Gasteiger partial charge in [-0.15, -0.1) is 0 Å². The van der Waals surface area contributed by atoms with Gasteiger partial charge in [0.05, 0.1) is 0 Å². The Bertz CT molecular complexity index is 259. The lowest BCUT2D eigenvalue weighted by molar-refractivity contribution is -0.126. The lowest BCUT2D eigenvalue weighted by Crippen LogP contribution is -2.38. The van der Waals surface area contributed by atoms with Gasteiger partial charge in [0.1, 0.15) is 0 Å². The molecule has 4 heteroatoms. The van der Waals surface area contributed by atoms with Crippen LogP contribution in [0.2, 0.25) is 0 Å². The van der Waals surface area contributed by atoms with Gasteiger partial charge in [-0.25, -0.2) is 0 Å². The molecule has 2 fully saturated rings. The van der Waals surface area contributed by atoms with Gasteiger partial charge in [-0.2, -0.15) is 11.8 Å². The Balaban J connectivity index is 1.65. The summed E-state index contributed by atoms with van der Waals surface area (Å²) >= 11 is 2.02. The van der Waals surface area contributed by atoms with Crippen LogP contribution in [0.15, 0.2) is 0 Å². The number of hydrogen-bond donors (Lipinski definition) is 2. The summed E-state index contributed by atoms with van der Waals surface area (Å²) in [4.78, 5) is 12.1. The average Bonchev–Trinajstić information content (AvgIpc) is 2.46. The van der Waals surface area contributed by atoms with Crippen molar-refractivity contribution in [3.05, 3.63) is 0 Å². The Hall–Kier alpha value is -0.220. The van der Waals surface area contributed by atoms with Crippen molar-refractivity contribution in [2.24, 2.45) is 17.6 Å². The molecule has 1 aliphatic heterocycles. The first-order valence-corrected chi connectivity index (χ1v) is 8.44. The molecule has 18 heavy (non-hydrogen) atoms. The number of rotatable bonds is 4. The molecule has 1 amide bonds. The van der Waals surface area contributed by atoms with E-state index in [2.05, 4.69) is 5.32 Å². The molecule has 0 radical (unpaired) electrons. The minimum Gasteiger partial charge on any atom is -0.355 e. The van der Waals surface area contributed by atoms with Crippen molar-refractivity contribution in [1.82, 2.24) is 5.32 Å². The number of carbonyl (C=O) groups excluding carboxylic acids is 1. The van der Waals surface area contributed by atoms with E-state index in [1.807, 2.05) is 11.8 Å². The van der Waals surface area contributed by atoms with Gasteiger partial charge in [0.2, 0.25) is 5.91 Å². The molecular weight excluding hydrogens is 244 g/mol. The van der Waals surface area contributed by atoms with Crippen molar-refractivity contribution in [2.45, 2.75) is 50.2 Å². The van der Waals surface area contributed by atoms with Crippen molar-refractivity contribution >= 4 is 17.7 Å². The largest absolute Gasteiger partial charge is 0.355 e. The van der Waals surface area contributed by atoms with E-state index in [1.54, 1.807) is 0 Å². The molecule has 1 saturated carbocycles. The van der Waals surface area contributed by atoms with E-state index in [-0.39, 0.29) is 11.8 Å². The van der Waals surface area contributed by atoms with Crippen molar-refractivity contribution < 1.29 is 4.79 Å². The second-order valence-electron chi connectivity index (χ2n) is 5.69. The monoisotopic (exact) mass is 270 g/mol. The summed E-state index contributed by atoms with van der Waals surface area (Å²) < 4.78 is 0. The first-order valence-electron chi connectivity index (χ1n) is 7.39. The fourth-order valence-corrected chi connectivity index (χ4v) is 4.23. The van der Waals surface area contributed by atoms with Crippen LogP contribution in [0.1, 0.15) is 44.9 Å². The highest BCUT2D eigenvalue weighted by Crippen LogP contribution is 2.28. The summed E-state index contributed by atoms with van der Waals surface area (Å²) in [6.45, 7) is 1.66. The summed E-state index contributed by atoms with van der Waals surface area (Å²) in [5, 5.41) is 3.82. The number of thioether (sulfide) groups is 1. The third-order valence-corrected chi connectivity index (χ3v) is 5.73. The van der Waals surface area contributed by atoms with Crippen LogP contribution in [-0.4, -0.2) is 30.0 Å². The maximum Gasteiger partial charge on any atom is 0.223 e. The van der Waals surface area contributed by atoms with E-state index in [4.69, 9.17) is 5.73 Å². The zero-order valence-electron chi connectivity index (χ0n) is 11.2. The van der Waals surface area contributed by atoms with Crippen LogP contribution in [0.25, 0.3) is 0 Å². The summed E-state index contributed by atoms with van der Waals surface area (Å²) in [7, 11) is 0. The Morgan fingerprint density at radius 2 is 1.94 bits per heavy atom. The van der Waals surface area contributed by atoms with Gasteiger partial charge < -0.3 is 11.1 Å². The smallest absolute Gasteiger partial charge is 0.223 e. The molecule has 0 spiro atoms. The van der Waals surface area contributed by atoms with E-state index < -0.39 is 0 Å². The standard InChI is InChI=1S/C14H26N2OS/c15-9-11-4-6-12(7-5-11)14(17)16-10-13-3-1-2-8-18-13/h11-13H,1-10,15H2,(H,16,17). The minimum absolute atomic E-state index is 0.251. The van der Waals surface area contributed by atoms with Crippen molar-refractivity contribution in [3.8, 4) is 0 Å². The maximum absolute atomic E-state index is 12.1. The lowest BCUT2D eigenvalue weighted by Gasteiger charge is -2.28. The van der Waals surface area contributed by atoms with E-state index in [0.717, 1.165) is 38.8 Å². The van der Waals surface area contributed by atoms with Gasteiger partial charge >= 0.3 is 0 Å². The fraction of sp³-hybridized carbons (Fsp3) is 0.929. The molecule has 104 valence electrons. The first kappa shape index (κ1) is 14.2. The lowest BCUT2D eigenvalue weighted by atomic mass is 9.81. The van der Waals surface area contributed by atoms with Crippen LogP contribution in [0, 0.1) is 11.8 Å². The Labute approximate surface area is 115 Å². The Kier molecular flexibility index (Phi) is 5.83. The molecule has 1 heterocycles. The number of nitrogens with one attached hydrogen (secondary N) is 1. The first-order chi connectivity index (χ1) is 8.79. The second kappa shape index (κ2) is 7.39. The number of nitrogens with two attached hydrogens (primary N) is 1. The van der Waals surface area contributed by atoms with Gasteiger partial charge in [0, 0.05) is 17.7 Å². The van der Waals surface area contributed by atoms with Crippen LogP contribution in [-0.2, 0) is 4.79 Å². The topological polar surface area (TPSA) is 55.1 Å². The zero-order chi connectivity index (χ0) is 12.8. The molecule has 1 aliphatic carbocycles. The molecular formula is C14H26N2OS. The molecule has 0 bridgehead atoms. The van der Waals surface area contributed by atoms with Gasteiger partial charge in [0.15, 0.2) is 0 Å². The van der Waals surface area contributed by atoms with Gasteiger partial charge in [0.25, 0.3) is 0 Å². The SMILES string of the molecule is NCC1CCC(C(=O)NCC2CCCCS2)CC1. The highest BCUT2D eigenvalue weighted by Gasteiger charge is 2.26. The number of carbonyl (C=O) groups is 1. The van der Waals surface area contributed by atoms with Gasteiger partial charge in [-0.1, -0.05) is 6.42 Å². The van der Waals surface area contributed by atoms with Crippen LogP contribution in [0.4, 0.5) is 0 Å². The molecule has 2 aliphatic rings. The number of hydrogen-bond acceptors (Lipinski definition) is 3. The predicted molar refractivity (Wildman–Crippen MR) is 77.6 cm³/mol. The third kappa shape index (κ3) is 4.16. The predicted octanol–water partition coefficient (Wildman–Crippen LogP) is 2.15. The van der Waals surface area contributed by atoms with Gasteiger partial charge in [-0.05, 0) is 56.7 Å². The normalized spacial score (nSPS) is 33.1. The highest BCUT2D eigenvalue weighted by molar-refractivity contribution is 7.99.